The Kier molecular flexibility index (Phi) is 9.28. The van der Waals surface area contributed by atoms with E-state index in [1.165, 1.54) is 6.07 Å². The second-order valence-electron chi connectivity index (χ2n) is 9.31. The molecule has 1 atom stereocenters. The van der Waals surface area contributed by atoms with Crippen LogP contribution in [0.5, 0.6) is 0 Å². The highest BCUT2D eigenvalue weighted by Crippen LogP contribution is 2.42. The molecule has 1 fully saturated rings. The summed E-state index contributed by atoms with van der Waals surface area (Å²) in [6.07, 6.45) is -15.3. The average molecular weight is 728 g/mol. The van der Waals surface area contributed by atoms with Crippen molar-refractivity contribution in [2.75, 3.05) is 13.6 Å². The Labute approximate surface area is 243 Å². The fraction of sp³-hybridized carbons (Fsp3) is 0.360. The Morgan fingerprint density at radius 1 is 0.976 bits per heavy atom. The molecule has 0 spiro atoms. The zero-order valence-corrected chi connectivity index (χ0v) is 23.7. The lowest BCUT2D eigenvalue weighted by molar-refractivity contribution is -0.160. The standard InChI is InChI=1S/C25H18Br2F10N2O2/c1-39(11-23(29,30)31)21(41)22(4-5-22)38-20(40)16-3-2-12(8-18(16)25(35,36)37)19(28)10-17(24(32,33)34)13-6-14(26)9-15(27)7-13/h2-3,6-10,17H,4-5,11H2,1H3,(H,38,40)/b19-10-. The highest BCUT2D eigenvalue weighted by molar-refractivity contribution is 9.11. The summed E-state index contributed by atoms with van der Waals surface area (Å²) in [5.74, 6) is -6.86. The van der Waals surface area contributed by atoms with Gasteiger partial charge in [0, 0.05) is 21.6 Å². The molecule has 1 saturated carbocycles. The van der Waals surface area contributed by atoms with Crippen molar-refractivity contribution in [1.82, 2.24) is 10.2 Å². The molecule has 0 aromatic heterocycles. The van der Waals surface area contributed by atoms with E-state index in [2.05, 4.69) is 31.9 Å². The molecular formula is C25H18Br2F10N2O2. The number of amides is 2. The summed E-state index contributed by atoms with van der Waals surface area (Å²) >= 11 is 6.04. The number of likely N-dealkylation sites (N-methyl/N-ethyl adjacent to an activating group) is 1. The van der Waals surface area contributed by atoms with Gasteiger partial charge in [-0.25, -0.2) is 4.39 Å². The number of halogens is 12. The van der Waals surface area contributed by atoms with Crippen LogP contribution in [0.3, 0.4) is 0 Å². The van der Waals surface area contributed by atoms with E-state index in [-0.39, 0.29) is 38.8 Å². The van der Waals surface area contributed by atoms with E-state index in [4.69, 9.17) is 0 Å². The zero-order valence-electron chi connectivity index (χ0n) is 20.5. The molecule has 2 amide bonds. The lowest BCUT2D eigenvalue weighted by Crippen LogP contribution is -2.51. The quantitative estimate of drug-likeness (QED) is 0.293. The molecule has 0 heterocycles. The molecule has 3 rings (SSSR count). The smallest absolute Gasteiger partial charge is 0.338 e. The zero-order chi connectivity index (χ0) is 31.1. The van der Waals surface area contributed by atoms with E-state index in [1.54, 1.807) is 0 Å². The number of nitrogens with one attached hydrogen (secondary N) is 1. The van der Waals surface area contributed by atoms with Crippen LogP contribution in [0.2, 0.25) is 0 Å². The van der Waals surface area contributed by atoms with Crippen LogP contribution < -0.4 is 5.32 Å². The summed E-state index contributed by atoms with van der Waals surface area (Å²) in [7, 11) is 0.814. The van der Waals surface area contributed by atoms with Gasteiger partial charge in [-0.15, -0.1) is 0 Å². The minimum absolute atomic E-state index is 0.0950. The third-order valence-corrected chi connectivity index (χ3v) is 6.95. The molecule has 224 valence electrons. The normalized spacial score (nSPS) is 16.3. The van der Waals surface area contributed by atoms with Crippen LogP contribution in [-0.4, -0.2) is 48.2 Å². The maximum Gasteiger partial charge on any atom is 0.417 e. The molecule has 0 radical (unpaired) electrons. The highest BCUT2D eigenvalue weighted by atomic mass is 79.9. The Hall–Kier alpha value is -2.62. The second-order valence-corrected chi connectivity index (χ2v) is 11.1. The van der Waals surface area contributed by atoms with Crippen LogP contribution in [0.25, 0.3) is 5.83 Å². The van der Waals surface area contributed by atoms with Gasteiger partial charge in [0.15, 0.2) is 0 Å². The Morgan fingerprint density at radius 3 is 2.00 bits per heavy atom. The first-order valence-corrected chi connectivity index (χ1v) is 13.0. The molecule has 1 N–H and O–H groups in total. The van der Waals surface area contributed by atoms with Crippen LogP contribution in [-0.2, 0) is 11.0 Å². The van der Waals surface area contributed by atoms with Gasteiger partial charge in [0.05, 0.1) is 11.1 Å². The predicted octanol–water partition coefficient (Wildman–Crippen LogP) is 8.17. The molecule has 4 nitrogen and oxygen atoms in total. The van der Waals surface area contributed by atoms with E-state index < -0.39 is 76.4 Å². The largest absolute Gasteiger partial charge is 0.417 e. The van der Waals surface area contributed by atoms with Crippen molar-refractivity contribution in [2.24, 2.45) is 0 Å². The van der Waals surface area contributed by atoms with E-state index in [1.807, 2.05) is 5.32 Å². The van der Waals surface area contributed by atoms with Gasteiger partial charge < -0.3 is 10.2 Å². The topological polar surface area (TPSA) is 49.4 Å². The van der Waals surface area contributed by atoms with Crippen LogP contribution in [0.4, 0.5) is 43.9 Å². The predicted molar refractivity (Wildman–Crippen MR) is 134 cm³/mol. The summed E-state index contributed by atoms with van der Waals surface area (Å²) in [6, 6.07) is 4.84. The minimum Gasteiger partial charge on any atom is -0.338 e. The minimum atomic E-state index is -5.30. The summed E-state index contributed by atoms with van der Waals surface area (Å²) in [5.41, 5.74) is -6.02. The second kappa shape index (κ2) is 11.6. The number of alkyl halides is 9. The fourth-order valence-electron chi connectivity index (χ4n) is 4.01. The first-order chi connectivity index (χ1) is 18.6. The van der Waals surface area contributed by atoms with Gasteiger partial charge in [-0.05, 0) is 54.8 Å². The van der Waals surface area contributed by atoms with Crippen LogP contribution >= 0.6 is 31.9 Å². The van der Waals surface area contributed by atoms with Crippen LogP contribution in [0.15, 0.2) is 51.4 Å². The number of allylic oxidation sites excluding steroid dienone is 1. The monoisotopic (exact) mass is 726 g/mol. The third kappa shape index (κ3) is 8.23. The Balaban J connectivity index is 1.96. The molecule has 0 bridgehead atoms. The number of hydrogen-bond donors (Lipinski definition) is 1. The van der Waals surface area contributed by atoms with Gasteiger partial charge >= 0.3 is 18.5 Å². The third-order valence-electron chi connectivity index (χ3n) is 6.03. The maximum absolute atomic E-state index is 15.0. The first kappa shape index (κ1) is 32.9. The van der Waals surface area contributed by atoms with Gasteiger partial charge in [0.25, 0.3) is 5.91 Å². The van der Waals surface area contributed by atoms with Gasteiger partial charge in [0.1, 0.15) is 23.8 Å². The van der Waals surface area contributed by atoms with Gasteiger partial charge in [-0.1, -0.05) is 37.9 Å². The number of nitrogens with zero attached hydrogens (tertiary/aromatic N) is 1. The summed E-state index contributed by atoms with van der Waals surface area (Å²) in [4.78, 5) is 25.5. The van der Waals surface area contributed by atoms with Crippen LogP contribution in [0.1, 0.15) is 45.8 Å². The molecule has 0 aliphatic heterocycles. The Morgan fingerprint density at radius 2 is 1.54 bits per heavy atom. The van der Waals surface area contributed by atoms with E-state index >= 15 is 4.39 Å². The molecule has 2 aromatic carbocycles. The molecule has 1 unspecified atom stereocenters. The number of hydrogen-bond acceptors (Lipinski definition) is 2. The number of carbonyl (C=O) groups is 2. The molecule has 1 aliphatic carbocycles. The van der Waals surface area contributed by atoms with Crippen molar-refractivity contribution in [3.05, 3.63) is 73.7 Å². The maximum atomic E-state index is 15.0. The van der Waals surface area contributed by atoms with Crippen LogP contribution in [0, 0.1) is 0 Å². The number of carbonyl (C=O) groups excluding carboxylic acids is 2. The van der Waals surface area contributed by atoms with E-state index in [0.717, 1.165) is 19.2 Å². The average Bonchev–Trinajstić information content (AvgIpc) is 3.58. The van der Waals surface area contributed by atoms with Crippen molar-refractivity contribution in [3.63, 3.8) is 0 Å². The van der Waals surface area contributed by atoms with Crippen molar-refractivity contribution in [3.8, 4) is 0 Å². The van der Waals surface area contributed by atoms with Gasteiger partial charge in [-0.2, -0.15) is 39.5 Å². The molecule has 16 heteroatoms. The van der Waals surface area contributed by atoms with Crippen molar-refractivity contribution < 1.29 is 53.5 Å². The lowest BCUT2D eigenvalue weighted by Gasteiger charge is -2.25. The summed E-state index contributed by atoms with van der Waals surface area (Å²) < 4.78 is 136. The van der Waals surface area contributed by atoms with E-state index in [9.17, 15) is 49.1 Å². The van der Waals surface area contributed by atoms with Crippen molar-refractivity contribution in [1.29, 1.82) is 0 Å². The van der Waals surface area contributed by atoms with Gasteiger partial charge in [-0.3, -0.25) is 9.59 Å². The van der Waals surface area contributed by atoms with Gasteiger partial charge in [0.2, 0.25) is 5.91 Å². The summed E-state index contributed by atoms with van der Waals surface area (Å²) in [5, 5.41) is 2.03. The lowest BCUT2D eigenvalue weighted by atomic mass is 9.95. The first-order valence-electron chi connectivity index (χ1n) is 11.4. The van der Waals surface area contributed by atoms with Crippen molar-refractivity contribution in [2.45, 2.75) is 42.8 Å². The molecule has 1 aliphatic rings. The number of benzene rings is 2. The molecule has 41 heavy (non-hydrogen) atoms. The summed E-state index contributed by atoms with van der Waals surface area (Å²) in [6.45, 7) is -1.66. The molecular weight excluding hydrogens is 710 g/mol. The fourth-order valence-corrected chi connectivity index (χ4v) is 5.34. The number of rotatable bonds is 7. The van der Waals surface area contributed by atoms with E-state index in [0.29, 0.717) is 12.1 Å². The Bertz CT molecular complexity index is 1350. The highest BCUT2D eigenvalue weighted by Gasteiger charge is 2.54. The van der Waals surface area contributed by atoms with Crippen molar-refractivity contribution >= 4 is 49.5 Å². The SMILES string of the molecule is CN(CC(F)(F)F)C(=O)C1(NC(=O)c2ccc(/C(F)=C/C(c3cc(Br)cc(Br)c3)C(F)(F)F)cc2C(F)(F)F)CC1. The molecule has 0 saturated heterocycles. The molecule has 2 aromatic rings.